The number of Topliss-reactive ketones (excluding diaryl/α,β-unsaturated/α-hetero) is 2. The molecule has 7 aromatic rings. The number of hydrogen-bond donors (Lipinski definition) is 2. The number of nitriles is 2. The molecular weight excluding hydrogens is 1170 g/mol. The van der Waals surface area contributed by atoms with Gasteiger partial charge in [-0.05, 0) is 149 Å². The monoisotopic (exact) mass is 1220 g/mol. The zero-order chi connectivity index (χ0) is 62.3. The van der Waals surface area contributed by atoms with Crippen LogP contribution in [0.2, 0.25) is 0 Å². The number of pyridine rings is 2. The number of nitrogens with one attached hydrogen (secondary N) is 2. The molecule has 7 rings (SSSR count). The number of ketones is 2. The first-order valence-corrected chi connectivity index (χ1v) is 28.9. The number of benzene rings is 5. The molecule has 0 aliphatic heterocycles. The smallest absolute Gasteiger partial charge is 0.381 e. The van der Waals surface area contributed by atoms with Crippen molar-refractivity contribution in [1.82, 2.24) is 19.8 Å². The van der Waals surface area contributed by atoms with Crippen molar-refractivity contribution < 1.29 is 63.4 Å². The van der Waals surface area contributed by atoms with Crippen LogP contribution in [-0.2, 0) is 43.4 Å². The van der Waals surface area contributed by atoms with E-state index in [9.17, 15) is 74.1 Å². The molecule has 2 unspecified atom stereocenters. The van der Waals surface area contributed by atoms with Crippen LogP contribution in [0.4, 0.5) is 26.3 Å². The first-order chi connectivity index (χ1) is 41.0. The second-order valence-electron chi connectivity index (χ2n) is 19.3. The normalized spacial score (nSPS) is 12.2. The number of unbranched alkanes of at least 4 members (excludes halogenated alkanes) is 1. The van der Waals surface area contributed by atoms with Gasteiger partial charge in [-0.25, -0.2) is 8.42 Å². The second-order valence-corrected chi connectivity index (χ2v) is 22.2. The fourth-order valence-electron chi connectivity index (χ4n) is 8.85. The van der Waals surface area contributed by atoms with Gasteiger partial charge < -0.3 is 20.1 Å². The highest BCUT2D eigenvalue weighted by molar-refractivity contribution is 7.85. The number of carbonyl (C=O) groups is 4. The summed E-state index contributed by atoms with van der Waals surface area (Å²) >= 11 is 0. The van der Waals surface area contributed by atoms with E-state index < -0.39 is 79.4 Å². The molecule has 0 radical (unpaired) electrons. The summed E-state index contributed by atoms with van der Waals surface area (Å²) < 4.78 is 123. The standard InChI is InChI=1S/C62H54F6N6O10S2/c1-39-55(85(81)49-23-15-41(37-69)16-24-49)35-51(59(79)73(39)47-11-5-9-45(33-47)61(63,64)65)54(76)14-7-30-83-31-8-27-71-57(77)44-21-19-43(20-22-44)53(75)13-3-4-29-84-32-28-72-58(78)52-36-56(86(82)50-25-17-42(38-70)18-26-50)40(2)74(60(52)80)48-12-6-10-46(34-48)62(66,67)68/h5-6,9-12,15-26,33-36H,3-4,7-8,13-14,27-32H2,1-2H3,(H,71,77)(H,72,78). The summed E-state index contributed by atoms with van der Waals surface area (Å²) in [5.74, 6) is -2.12. The van der Waals surface area contributed by atoms with E-state index in [2.05, 4.69) is 10.6 Å². The van der Waals surface area contributed by atoms with Gasteiger partial charge in [0.25, 0.3) is 22.9 Å². The van der Waals surface area contributed by atoms with Crippen LogP contribution in [0.5, 0.6) is 0 Å². The fraction of sp³-hybridized carbons (Fsp3) is 0.258. The minimum absolute atomic E-state index is 0.00436. The van der Waals surface area contributed by atoms with E-state index >= 15 is 0 Å². The van der Waals surface area contributed by atoms with Crippen LogP contribution < -0.4 is 21.8 Å². The van der Waals surface area contributed by atoms with Gasteiger partial charge in [-0.1, -0.05) is 24.3 Å². The lowest BCUT2D eigenvalue weighted by atomic mass is 10.0. The average molecular weight is 1220 g/mol. The van der Waals surface area contributed by atoms with Gasteiger partial charge in [0.2, 0.25) is 0 Å². The van der Waals surface area contributed by atoms with Gasteiger partial charge in [0.1, 0.15) is 5.56 Å². The van der Waals surface area contributed by atoms with E-state index in [1.54, 1.807) is 0 Å². The minimum atomic E-state index is -4.75. The third-order valence-electron chi connectivity index (χ3n) is 13.4. The van der Waals surface area contributed by atoms with Crippen molar-refractivity contribution in [2.24, 2.45) is 0 Å². The van der Waals surface area contributed by atoms with Crippen LogP contribution in [0.25, 0.3) is 11.4 Å². The van der Waals surface area contributed by atoms with Crippen LogP contribution in [-0.4, -0.2) is 80.4 Å². The Morgan fingerprint density at radius 1 is 0.512 bits per heavy atom. The number of ether oxygens (including phenoxy) is 2. The van der Waals surface area contributed by atoms with Crippen LogP contribution in [0.1, 0.15) is 114 Å². The zero-order valence-electron chi connectivity index (χ0n) is 46.1. The van der Waals surface area contributed by atoms with E-state index in [1.807, 2.05) is 12.1 Å². The topological polar surface area (TPSA) is 237 Å². The Morgan fingerprint density at radius 2 is 0.953 bits per heavy atom. The highest BCUT2D eigenvalue weighted by Crippen LogP contribution is 2.33. The number of halogens is 6. The molecule has 0 bridgehead atoms. The van der Waals surface area contributed by atoms with Crippen LogP contribution in [0.15, 0.2) is 163 Å². The van der Waals surface area contributed by atoms with Crippen molar-refractivity contribution in [2.75, 3.05) is 39.5 Å². The largest absolute Gasteiger partial charge is 0.416 e. The summed E-state index contributed by atoms with van der Waals surface area (Å²) in [6.45, 7) is 3.42. The fourth-order valence-corrected chi connectivity index (χ4v) is 11.3. The number of alkyl halides is 6. The lowest BCUT2D eigenvalue weighted by molar-refractivity contribution is -0.138. The molecule has 0 aliphatic carbocycles. The van der Waals surface area contributed by atoms with Crippen LogP contribution in [0.3, 0.4) is 0 Å². The summed E-state index contributed by atoms with van der Waals surface area (Å²) in [5, 5.41) is 23.7. The minimum Gasteiger partial charge on any atom is -0.381 e. The van der Waals surface area contributed by atoms with E-state index in [4.69, 9.17) is 9.47 Å². The highest BCUT2D eigenvalue weighted by Gasteiger charge is 2.33. The maximum absolute atomic E-state index is 13.8. The molecule has 446 valence electrons. The molecule has 0 spiro atoms. The van der Waals surface area contributed by atoms with Crippen molar-refractivity contribution in [1.29, 1.82) is 10.5 Å². The SMILES string of the molecule is Cc1c(S(=O)c2ccc(C#N)cc2)cc(C(=O)CCCOCCCNC(=O)c2ccc(C(=O)CCCCOCCNC(=O)c3cc(S(=O)c4ccc(C#N)cc4)c(C)n(-c4cccc(C(F)(F)F)c4)c3=O)cc2)c(=O)n1-c1cccc(C(F)(F)F)c1. The maximum Gasteiger partial charge on any atom is 0.416 e. The Hall–Kier alpha value is -8.94. The molecule has 0 aliphatic rings. The van der Waals surface area contributed by atoms with Gasteiger partial charge in [0, 0.05) is 89.4 Å². The lowest BCUT2D eigenvalue weighted by Gasteiger charge is -2.18. The maximum atomic E-state index is 13.8. The molecule has 2 atom stereocenters. The van der Waals surface area contributed by atoms with E-state index in [0.29, 0.717) is 36.0 Å². The molecule has 0 fully saturated rings. The third-order valence-corrected chi connectivity index (χ3v) is 16.4. The Bertz CT molecular complexity index is 3670. The first-order valence-electron chi connectivity index (χ1n) is 26.6. The number of carbonyl (C=O) groups excluding carboxylic acids is 4. The van der Waals surface area contributed by atoms with Crippen molar-refractivity contribution in [3.05, 3.63) is 210 Å². The van der Waals surface area contributed by atoms with Gasteiger partial charge in [-0.2, -0.15) is 36.9 Å². The third kappa shape index (κ3) is 16.3. The summed E-state index contributed by atoms with van der Waals surface area (Å²) in [7, 11) is -4.04. The quantitative estimate of drug-likeness (QED) is 0.0293. The van der Waals surface area contributed by atoms with Crippen molar-refractivity contribution >= 4 is 45.0 Å². The number of hydrogen-bond acceptors (Lipinski definition) is 12. The predicted molar refractivity (Wildman–Crippen MR) is 304 cm³/mol. The summed E-state index contributed by atoms with van der Waals surface area (Å²) in [6, 6.07) is 31.7. The Balaban J connectivity index is 0.824. The highest BCUT2D eigenvalue weighted by atomic mass is 32.2. The molecule has 86 heavy (non-hydrogen) atoms. The second kappa shape index (κ2) is 29.2. The molecule has 5 aromatic carbocycles. The Kier molecular flexibility index (Phi) is 22.0. The van der Waals surface area contributed by atoms with Crippen LogP contribution >= 0.6 is 0 Å². The molecule has 2 N–H and O–H groups in total. The van der Waals surface area contributed by atoms with E-state index in [0.717, 1.165) is 51.6 Å². The molecule has 0 saturated carbocycles. The number of aromatic nitrogens is 2. The molecule has 2 aromatic heterocycles. The number of rotatable bonds is 26. The van der Waals surface area contributed by atoms with Gasteiger partial charge in [0.05, 0.1) is 78.0 Å². The Labute approximate surface area is 493 Å². The number of amides is 2. The lowest BCUT2D eigenvalue weighted by Crippen LogP contribution is -2.35. The van der Waals surface area contributed by atoms with Crippen molar-refractivity contribution in [3.63, 3.8) is 0 Å². The van der Waals surface area contributed by atoms with Gasteiger partial charge in [-0.15, -0.1) is 0 Å². The van der Waals surface area contributed by atoms with E-state index in [1.165, 1.54) is 105 Å². The summed E-state index contributed by atoms with van der Waals surface area (Å²) in [4.78, 5) is 80.9. The molecule has 24 heteroatoms. The van der Waals surface area contributed by atoms with Crippen LogP contribution in [0, 0.1) is 36.5 Å². The number of nitrogens with zero attached hydrogens (tertiary/aromatic N) is 4. The molecule has 0 saturated heterocycles. The molecule has 16 nitrogen and oxygen atoms in total. The zero-order valence-corrected chi connectivity index (χ0v) is 47.8. The van der Waals surface area contributed by atoms with Crippen molar-refractivity contribution in [2.45, 2.75) is 84.3 Å². The first kappa shape index (κ1) is 64.6. The van der Waals surface area contributed by atoms with Gasteiger partial charge in [-0.3, -0.25) is 37.9 Å². The molecular formula is C62H54F6N6O10S2. The summed E-state index contributed by atoms with van der Waals surface area (Å²) in [6.07, 6.45) is -8.07. The Morgan fingerprint density at radius 3 is 1.47 bits per heavy atom. The molecule has 2 heterocycles. The van der Waals surface area contributed by atoms with Crippen molar-refractivity contribution in [3.8, 4) is 23.5 Å². The van der Waals surface area contributed by atoms with E-state index in [-0.39, 0.29) is 118 Å². The average Bonchev–Trinajstić information content (AvgIpc) is 1.06. The van der Waals surface area contributed by atoms with Gasteiger partial charge in [0.15, 0.2) is 11.6 Å². The van der Waals surface area contributed by atoms with Gasteiger partial charge >= 0.3 is 12.4 Å². The summed E-state index contributed by atoms with van der Waals surface area (Å²) in [5.41, 5.74) is -3.84. The molecule has 2 amide bonds. The predicted octanol–water partition coefficient (Wildman–Crippen LogP) is 10.3.